The van der Waals surface area contributed by atoms with E-state index in [-0.39, 0.29) is 24.2 Å². The van der Waals surface area contributed by atoms with Gasteiger partial charge in [-0.15, -0.1) is 0 Å². The summed E-state index contributed by atoms with van der Waals surface area (Å²) in [5.74, 6) is 1.51. The Morgan fingerprint density at radius 2 is 1.50 bits per heavy atom. The number of benzene rings is 1. The highest BCUT2D eigenvalue weighted by Gasteiger charge is 2.39. The van der Waals surface area contributed by atoms with Crippen molar-refractivity contribution in [2.45, 2.75) is 110 Å². The van der Waals surface area contributed by atoms with E-state index in [0.29, 0.717) is 5.92 Å². The lowest BCUT2D eigenvalue weighted by Gasteiger charge is -2.45. The molecule has 0 saturated heterocycles. The number of allylic oxidation sites excluding steroid dienone is 1. The van der Waals surface area contributed by atoms with Crippen molar-refractivity contribution in [3.8, 4) is 11.5 Å². The molecule has 4 atom stereocenters. The predicted molar refractivity (Wildman–Crippen MR) is 148 cm³/mol. The summed E-state index contributed by atoms with van der Waals surface area (Å²) in [5, 5.41) is 0. The molecule has 212 valence electrons. The quantitative estimate of drug-likeness (QED) is 0.124. The Bertz CT molecular complexity index is 898. The smallest absolute Gasteiger partial charge is 0.314 e. The summed E-state index contributed by atoms with van der Waals surface area (Å²) in [4.78, 5) is 12.8. The van der Waals surface area contributed by atoms with Gasteiger partial charge in [-0.25, -0.2) is 8.78 Å². The van der Waals surface area contributed by atoms with E-state index in [1.807, 2.05) is 0 Å². The number of fused-ring (bicyclic) bond motifs is 1. The van der Waals surface area contributed by atoms with Gasteiger partial charge in [0.05, 0.1) is 5.92 Å². The van der Waals surface area contributed by atoms with Gasteiger partial charge in [-0.1, -0.05) is 57.6 Å². The SMILES string of the molecule is C/C=C/COc1c(F)cc(OC(=O)C2CCC(C3CCC4CC(CCCCCC)CCC4C3)CC2)cc1F. The maximum Gasteiger partial charge on any atom is 0.314 e. The van der Waals surface area contributed by atoms with Crippen LogP contribution in [0.4, 0.5) is 8.78 Å². The zero-order valence-corrected chi connectivity index (χ0v) is 23.6. The van der Waals surface area contributed by atoms with E-state index < -0.39 is 17.4 Å². The maximum atomic E-state index is 14.3. The van der Waals surface area contributed by atoms with Crippen molar-refractivity contribution in [2.75, 3.05) is 6.61 Å². The highest BCUT2D eigenvalue weighted by molar-refractivity contribution is 5.75. The zero-order chi connectivity index (χ0) is 26.9. The fourth-order valence-corrected chi connectivity index (χ4v) is 7.56. The molecule has 0 N–H and O–H groups in total. The molecule has 3 nitrogen and oxygen atoms in total. The second kappa shape index (κ2) is 14.5. The number of carbonyl (C=O) groups excluding carboxylic acids is 1. The van der Waals surface area contributed by atoms with Crippen LogP contribution in [0.5, 0.6) is 11.5 Å². The zero-order valence-electron chi connectivity index (χ0n) is 23.6. The van der Waals surface area contributed by atoms with Crippen LogP contribution in [-0.2, 0) is 4.79 Å². The normalized spacial score (nSPS) is 29.7. The minimum atomic E-state index is -0.859. The van der Waals surface area contributed by atoms with Gasteiger partial charge in [-0.2, -0.15) is 0 Å². The molecule has 3 aliphatic carbocycles. The summed E-state index contributed by atoms with van der Waals surface area (Å²) in [7, 11) is 0. The van der Waals surface area contributed by atoms with Gasteiger partial charge in [0.2, 0.25) is 0 Å². The number of carbonyl (C=O) groups is 1. The fraction of sp³-hybridized carbons (Fsp3) is 0.727. The molecule has 1 aromatic carbocycles. The Hall–Kier alpha value is -1.91. The van der Waals surface area contributed by atoms with Gasteiger partial charge in [0.1, 0.15) is 12.4 Å². The summed E-state index contributed by atoms with van der Waals surface area (Å²) in [6.45, 7) is 4.17. The number of hydrogen-bond donors (Lipinski definition) is 0. The lowest BCUT2D eigenvalue weighted by Crippen LogP contribution is -2.35. The molecule has 0 aliphatic heterocycles. The molecule has 4 rings (SSSR count). The van der Waals surface area contributed by atoms with Crippen LogP contribution in [0, 0.1) is 47.1 Å². The molecule has 3 fully saturated rings. The molecular weight excluding hydrogens is 482 g/mol. The van der Waals surface area contributed by atoms with Gasteiger partial charge < -0.3 is 9.47 Å². The molecule has 1 aromatic rings. The second-order valence-electron chi connectivity index (χ2n) is 12.3. The summed E-state index contributed by atoms with van der Waals surface area (Å²) in [6.07, 6.45) is 22.6. The first-order chi connectivity index (χ1) is 18.5. The Balaban J connectivity index is 1.20. The molecule has 5 heteroatoms. The molecule has 4 unspecified atom stereocenters. The molecule has 0 aromatic heterocycles. The highest BCUT2D eigenvalue weighted by Crippen LogP contribution is 2.49. The van der Waals surface area contributed by atoms with Gasteiger partial charge in [0.15, 0.2) is 17.4 Å². The second-order valence-corrected chi connectivity index (χ2v) is 12.3. The molecular formula is C33H48F2O3. The average Bonchev–Trinajstić information content (AvgIpc) is 2.92. The van der Waals surface area contributed by atoms with Gasteiger partial charge in [-0.05, 0) is 94.3 Å². The van der Waals surface area contributed by atoms with Gasteiger partial charge in [-0.3, -0.25) is 4.79 Å². The van der Waals surface area contributed by atoms with Crippen molar-refractivity contribution < 1.29 is 23.0 Å². The van der Waals surface area contributed by atoms with E-state index in [9.17, 15) is 13.6 Å². The largest absolute Gasteiger partial charge is 0.483 e. The first kappa shape index (κ1) is 29.1. The molecule has 0 heterocycles. The summed E-state index contributed by atoms with van der Waals surface area (Å²) in [5.41, 5.74) is 0. The fourth-order valence-electron chi connectivity index (χ4n) is 7.56. The number of unbranched alkanes of at least 4 members (excludes halogenated alkanes) is 3. The lowest BCUT2D eigenvalue weighted by atomic mass is 9.60. The van der Waals surface area contributed by atoms with E-state index in [1.165, 1.54) is 70.6 Å². The molecule has 0 radical (unpaired) electrons. The molecule has 0 amide bonds. The third-order valence-electron chi connectivity index (χ3n) is 9.75. The number of halogens is 2. The van der Waals surface area contributed by atoms with Crippen LogP contribution in [0.15, 0.2) is 24.3 Å². The number of rotatable bonds is 11. The van der Waals surface area contributed by atoms with E-state index in [2.05, 4.69) is 6.92 Å². The standard InChI is InChI=1S/C33H48F2O3/c1-3-5-7-8-9-23-10-11-28-20-27(17-16-26(28)19-23)24-12-14-25(15-13-24)33(36)38-29-21-30(34)32(31(35)22-29)37-18-6-4-2/h4,6,21-28H,3,5,7-20H2,1-2H3/b6-4+. The topological polar surface area (TPSA) is 35.5 Å². The highest BCUT2D eigenvalue weighted by atomic mass is 19.1. The summed E-state index contributed by atoms with van der Waals surface area (Å²) < 4.78 is 39.2. The maximum absolute atomic E-state index is 14.3. The van der Waals surface area contributed by atoms with Crippen LogP contribution in [0.1, 0.15) is 110 Å². The summed E-state index contributed by atoms with van der Waals surface area (Å²) in [6, 6.07) is 2.08. The van der Waals surface area contributed by atoms with Crippen molar-refractivity contribution in [3.05, 3.63) is 35.9 Å². The molecule has 3 aliphatic rings. The van der Waals surface area contributed by atoms with E-state index >= 15 is 0 Å². The van der Waals surface area contributed by atoms with Crippen LogP contribution < -0.4 is 9.47 Å². The Morgan fingerprint density at radius 3 is 2.18 bits per heavy atom. The predicted octanol–water partition coefficient (Wildman–Crippen LogP) is 9.43. The van der Waals surface area contributed by atoms with Gasteiger partial charge in [0, 0.05) is 12.1 Å². The van der Waals surface area contributed by atoms with Crippen LogP contribution in [0.3, 0.4) is 0 Å². The third-order valence-corrected chi connectivity index (χ3v) is 9.75. The molecule has 38 heavy (non-hydrogen) atoms. The van der Waals surface area contributed by atoms with E-state index in [0.717, 1.165) is 61.5 Å². The first-order valence-corrected chi connectivity index (χ1v) is 15.4. The number of ether oxygens (including phenoxy) is 2. The van der Waals surface area contributed by atoms with Crippen molar-refractivity contribution in [1.29, 1.82) is 0 Å². The number of hydrogen-bond acceptors (Lipinski definition) is 3. The van der Waals surface area contributed by atoms with Crippen LogP contribution in [-0.4, -0.2) is 12.6 Å². The molecule has 0 spiro atoms. The average molecular weight is 531 g/mol. The van der Waals surface area contributed by atoms with Crippen molar-refractivity contribution in [2.24, 2.45) is 35.5 Å². The van der Waals surface area contributed by atoms with Crippen LogP contribution in [0.25, 0.3) is 0 Å². The minimum absolute atomic E-state index is 0.0781. The Morgan fingerprint density at radius 1 is 0.868 bits per heavy atom. The Labute approximate surface area is 228 Å². The third kappa shape index (κ3) is 7.82. The van der Waals surface area contributed by atoms with Crippen LogP contribution >= 0.6 is 0 Å². The van der Waals surface area contributed by atoms with Gasteiger partial charge in [0.25, 0.3) is 0 Å². The molecule has 0 bridgehead atoms. The van der Waals surface area contributed by atoms with E-state index in [1.54, 1.807) is 19.1 Å². The van der Waals surface area contributed by atoms with Gasteiger partial charge >= 0.3 is 5.97 Å². The first-order valence-electron chi connectivity index (χ1n) is 15.4. The van der Waals surface area contributed by atoms with E-state index in [4.69, 9.17) is 9.47 Å². The Kier molecular flexibility index (Phi) is 11.1. The van der Waals surface area contributed by atoms with Crippen molar-refractivity contribution in [1.82, 2.24) is 0 Å². The molecule has 3 saturated carbocycles. The lowest BCUT2D eigenvalue weighted by molar-refractivity contribution is -0.140. The van der Waals surface area contributed by atoms with Crippen molar-refractivity contribution in [3.63, 3.8) is 0 Å². The summed E-state index contributed by atoms with van der Waals surface area (Å²) >= 11 is 0. The van der Waals surface area contributed by atoms with Crippen molar-refractivity contribution >= 4 is 5.97 Å². The monoisotopic (exact) mass is 530 g/mol. The number of esters is 1. The minimum Gasteiger partial charge on any atom is -0.483 e. The van der Waals surface area contributed by atoms with Crippen LogP contribution in [0.2, 0.25) is 0 Å².